The highest BCUT2D eigenvalue weighted by Gasteiger charge is 2.10. The molecule has 0 spiro atoms. The predicted octanol–water partition coefficient (Wildman–Crippen LogP) is 1.50. The zero-order valence-electron chi connectivity index (χ0n) is 6.89. The molecule has 1 N–H and O–H groups in total. The molecular weight excluding hydrogens is 114 g/mol. The lowest BCUT2D eigenvalue weighted by molar-refractivity contribution is -1.07. The van der Waals surface area contributed by atoms with E-state index in [2.05, 4.69) is 13.8 Å². The van der Waals surface area contributed by atoms with Crippen LogP contribution in [0, 0.1) is 5.92 Å². The fourth-order valence-corrected chi connectivity index (χ4v) is 0.574. The van der Waals surface area contributed by atoms with E-state index in [1.54, 1.807) is 14.1 Å². The van der Waals surface area contributed by atoms with Crippen molar-refractivity contribution in [2.75, 3.05) is 20.6 Å². The molecule has 0 fully saturated rings. The fraction of sp³-hybridized carbons (Fsp3) is 1.00. The predicted molar refractivity (Wildman–Crippen MR) is 38.2 cm³/mol. The smallest absolute Gasteiger partial charge is 0.108 e. The molecule has 2 heteroatoms. The molecule has 0 radical (unpaired) electrons. The van der Waals surface area contributed by atoms with Crippen molar-refractivity contribution in [1.82, 2.24) is 0 Å². The average molecular weight is 132 g/mol. The zero-order valence-corrected chi connectivity index (χ0v) is 6.89. The maximum atomic E-state index is 9.20. The minimum Gasteiger partial charge on any atom is -0.217 e. The SMILES string of the molecule is CC(C)CC[N+](C)(C)O. The van der Waals surface area contributed by atoms with Crippen molar-refractivity contribution in [3.05, 3.63) is 0 Å². The topological polar surface area (TPSA) is 20.2 Å². The fourth-order valence-electron chi connectivity index (χ4n) is 0.574. The van der Waals surface area contributed by atoms with E-state index in [0.717, 1.165) is 13.0 Å². The lowest BCUT2D eigenvalue weighted by Gasteiger charge is -2.20. The van der Waals surface area contributed by atoms with Gasteiger partial charge in [0.05, 0.1) is 14.1 Å². The van der Waals surface area contributed by atoms with Crippen molar-refractivity contribution in [3.8, 4) is 0 Å². The highest BCUT2D eigenvalue weighted by molar-refractivity contribution is 4.40. The minimum atomic E-state index is 0.0954. The van der Waals surface area contributed by atoms with Crippen LogP contribution in [0.4, 0.5) is 0 Å². The number of hydrogen-bond acceptors (Lipinski definition) is 1. The number of nitrogens with zero attached hydrogens (tertiary/aromatic N) is 1. The number of rotatable bonds is 3. The Labute approximate surface area is 57.6 Å². The van der Waals surface area contributed by atoms with Gasteiger partial charge in [0.1, 0.15) is 6.54 Å². The van der Waals surface area contributed by atoms with E-state index >= 15 is 0 Å². The molecule has 56 valence electrons. The van der Waals surface area contributed by atoms with Gasteiger partial charge in [-0.25, -0.2) is 5.21 Å². The van der Waals surface area contributed by atoms with Gasteiger partial charge in [0.2, 0.25) is 0 Å². The third-order valence-electron chi connectivity index (χ3n) is 1.25. The second-order valence-electron chi connectivity index (χ2n) is 3.53. The maximum Gasteiger partial charge on any atom is 0.108 e. The molecule has 0 unspecified atom stereocenters. The van der Waals surface area contributed by atoms with Crippen LogP contribution in [0.2, 0.25) is 0 Å². The molecule has 2 nitrogen and oxygen atoms in total. The Morgan fingerprint density at radius 1 is 1.33 bits per heavy atom. The van der Waals surface area contributed by atoms with E-state index in [9.17, 15) is 5.21 Å². The summed E-state index contributed by atoms with van der Waals surface area (Å²) in [4.78, 5) is 0. The molecule has 0 aromatic rings. The Bertz CT molecular complexity index is 73.5. The Morgan fingerprint density at radius 3 is 1.89 bits per heavy atom. The van der Waals surface area contributed by atoms with E-state index in [0.29, 0.717) is 5.92 Å². The summed E-state index contributed by atoms with van der Waals surface area (Å²) in [5, 5.41) is 9.20. The van der Waals surface area contributed by atoms with Crippen LogP contribution in [0.3, 0.4) is 0 Å². The van der Waals surface area contributed by atoms with Gasteiger partial charge in [-0.15, -0.1) is 0 Å². The normalized spacial score (nSPS) is 12.7. The summed E-state index contributed by atoms with van der Waals surface area (Å²) in [6.45, 7) is 5.17. The number of hydroxylamine groups is 3. The van der Waals surface area contributed by atoms with Crippen molar-refractivity contribution in [2.24, 2.45) is 5.92 Å². The summed E-state index contributed by atoms with van der Waals surface area (Å²) >= 11 is 0. The van der Waals surface area contributed by atoms with Gasteiger partial charge in [-0.1, -0.05) is 13.8 Å². The molecule has 0 aromatic heterocycles. The molecule has 0 aliphatic heterocycles. The van der Waals surface area contributed by atoms with E-state index in [1.807, 2.05) is 0 Å². The first kappa shape index (κ1) is 8.92. The first-order valence-electron chi connectivity index (χ1n) is 3.47. The zero-order chi connectivity index (χ0) is 7.49. The second kappa shape index (κ2) is 3.18. The van der Waals surface area contributed by atoms with Crippen molar-refractivity contribution < 1.29 is 9.85 Å². The molecule has 0 atom stereocenters. The Kier molecular flexibility index (Phi) is 3.15. The van der Waals surface area contributed by atoms with Gasteiger partial charge in [0.15, 0.2) is 0 Å². The molecule has 0 saturated carbocycles. The molecule has 9 heavy (non-hydrogen) atoms. The van der Waals surface area contributed by atoms with Gasteiger partial charge >= 0.3 is 0 Å². The molecule has 0 saturated heterocycles. The van der Waals surface area contributed by atoms with Crippen LogP contribution in [0.15, 0.2) is 0 Å². The van der Waals surface area contributed by atoms with Gasteiger partial charge in [0.25, 0.3) is 0 Å². The summed E-state index contributed by atoms with van der Waals surface area (Å²) in [6.07, 6.45) is 1.09. The van der Waals surface area contributed by atoms with Crippen LogP contribution in [0.1, 0.15) is 20.3 Å². The Morgan fingerprint density at radius 2 is 1.78 bits per heavy atom. The Hall–Kier alpha value is -0.0800. The number of hydrogen-bond donors (Lipinski definition) is 1. The number of quaternary nitrogens is 1. The maximum absolute atomic E-state index is 9.20. The van der Waals surface area contributed by atoms with Crippen LogP contribution in [0.25, 0.3) is 0 Å². The molecule has 0 amide bonds. The highest BCUT2D eigenvalue weighted by atomic mass is 16.5. The van der Waals surface area contributed by atoms with Crippen LogP contribution in [-0.2, 0) is 0 Å². The van der Waals surface area contributed by atoms with Crippen LogP contribution in [0.5, 0.6) is 0 Å². The summed E-state index contributed by atoms with van der Waals surface area (Å²) in [7, 11) is 3.59. The molecular formula is C7H18NO+. The summed E-state index contributed by atoms with van der Waals surface area (Å²) < 4.78 is 0.0954. The Balaban J connectivity index is 3.28. The standard InChI is InChI=1S/C7H18NO/c1-7(2)5-6-8(3,4)9/h7,9H,5-6H2,1-4H3/q+1. The monoisotopic (exact) mass is 132 g/mol. The average Bonchev–Trinajstić information content (AvgIpc) is 1.59. The first-order valence-corrected chi connectivity index (χ1v) is 3.47. The van der Waals surface area contributed by atoms with Crippen molar-refractivity contribution in [2.45, 2.75) is 20.3 Å². The lowest BCUT2D eigenvalue weighted by atomic mass is 10.1. The lowest BCUT2D eigenvalue weighted by Crippen LogP contribution is -2.36. The molecule has 0 aromatic carbocycles. The largest absolute Gasteiger partial charge is 0.217 e. The quantitative estimate of drug-likeness (QED) is 0.456. The highest BCUT2D eigenvalue weighted by Crippen LogP contribution is 2.02. The molecule has 0 aliphatic carbocycles. The van der Waals surface area contributed by atoms with Crippen LogP contribution >= 0.6 is 0 Å². The van der Waals surface area contributed by atoms with Crippen molar-refractivity contribution in [3.63, 3.8) is 0 Å². The summed E-state index contributed by atoms with van der Waals surface area (Å²) in [5.74, 6) is 0.689. The summed E-state index contributed by atoms with van der Waals surface area (Å²) in [5.41, 5.74) is 0. The molecule has 0 heterocycles. The first-order chi connectivity index (χ1) is 3.92. The summed E-state index contributed by atoms with van der Waals surface area (Å²) in [6, 6.07) is 0. The van der Waals surface area contributed by atoms with Crippen LogP contribution < -0.4 is 0 Å². The van der Waals surface area contributed by atoms with E-state index in [-0.39, 0.29) is 4.65 Å². The van der Waals surface area contributed by atoms with E-state index in [1.165, 1.54) is 0 Å². The van der Waals surface area contributed by atoms with Gasteiger partial charge in [-0.05, 0) is 5.92 Å². The molecule has 0 rings (SSSR count). The minimum absolute atomic E-state index is 0.0954. The van der Waals surface area contributed by atoms with Gasteiger partial charge in [-0.2, -0.15) is 4.65 Å². The van der Waals surface area contributed by atoms with Gasteiger partial charge < -0.3 is 0 Å². The molecule has 0 bridgehead atoms. The van der Waals surface area contributed by atoms with Crippen molar-refractivity contribution >= 4 is 0 Å². The second-order valence-corrected chi connectivity index (χ2v) is 3.53. The van der Waals surface area contributed by atoms with E-state index in [4.69, 9.17) is 0 Å². The van der Waals surface area contributed by atoms with Crippen LogP contribution in [-0.4, -0.2) is 30.5 Å². The third kappa shape index (κ3) is 7.92. The van der Waals surface area contributed by atoms with E-state index < -0.39 is 0 Å². The van der Waals surface area contributed by atoms with Gasteiger partial charge in [0, 0.05) is 6.42 Å². The van der Waals surface area contributed by atoms with Crippen molar-refractivity contribution in [1.29, 1.82) is 0 Å². The van der Waals surface area contributed by atoms with Gasteiger partial charge in [-0.3, -0.25) is 0 Å². The molecule has 0 aliphatic rings. The third-order valence-corrected chi connectivity index (χ3v) is 1.25.